The van der Waals surface area contributed by atoms with Gasteiger partial charge in [-0.2, -0.15) is 0 Å². The molecule has 104 valence electrons. The molecular weight excluding hydrogens is 308 g/mol. The molecule has 1 aliphatic rings. The number of rotatable bonds is 5. The quantitative estimate of drug-likeness (QED) is 0.816. The lowest BCUT2D eigenvalue weighted by Gasteiger charge is -2.37. The fraction of sp³-hybridized carbons (Fsp3) is 0.500. The van der Waals surface area contributed by atoms with Crippen molar-refractivity contribution in [2.24, 2.45) is 0 Å². The van der Waals surface area contributed by atoms with Crippen molar-refractivity contribution < 1.29 is 9.90 Å². The van der Waals surface area contributed by atoms with Gasteiger partial charge in [0, 0.05) is 29.4 Å². The minimum atomic E-state index is -0.0306. The first-order valence-corrected chi connectivity index (χ1v) is 7.39. The molecular formula is C14H19BrN2O2. The molecule has 1 fully saturated rings. The number of hydrogen-bond acceptors (Lipinski definition) is 3. The fourth-order valence-electron chi connectivity index (χ4n) is 2.26. The van der Waals surface area contributed by atoms with E-state index in [-0.39, 0.29) is 12.5 Å². The van der Waals surface area contributed by atoms with E-state index in [1.165, 1.54) is 6.42 Å². The summed E-state index contributed by atoms with van der Waals surface area (Å²) < 4.78 is 0.848. The van der Waals surface area contributed by atoms with Crippen LogP contribution in [0.25, 0.3) is 0 Å². The maximum atomic E-state index is 12.6. The average Bonchev–Trinajstić information content (AvgIpc) is 2.34. The second-order valence-electron chi connectivity index (χ2n) is 4.89. The number of nitrogens with two attached hydrogens (primary N) is 1. The number of halogens is 1. The molecule has 19 heavy (non-hydrogen) atoms. The van der Waals surface area contributed by atoms with Crippen LogP contribution in [0.15, 0.2) is 22.7 Å². The molecule has 3 N–H and O–H groups in total. The highest BCUT2D eigenvalue weighted by Crippen LogP contribution is 2.28. The minimum Gasteiger partial charge on any atom is -0.398 e. The highest BCUT2D eigenvalue weighted by atomic mass is 79.9. The van der Waals surface area contributed by atoms with E-state index < -0.39 is 0 Å². The van der Waals surface area contributed by atoms with E-state index >= 15 is 0 Å². The van der Waals surface area contributed by atoms with E-state index in [4.69, 9.17) is 10.8 Å². The molecule has 1 aliphatic carbocycles. The monoisotopic (exact) mass is 326 g/mol. The van der Waals surface area contributed by atoms with Crippen LogP contribution in [0.5, 0.6) is 0 Å². The first kappa shape index (κ1) is 14.3. The molecule has 5 heteroatoms. The Hall–Kier alpha value is -1.07. The number of aliphatic hydroxyl groups is 1. The van der Waals surface area contributed by atoms with Crippen molar-refractivity contribution in [3.8, 4) is 0 Å². The Labute approximate surface area is 121 Å². The van der Waals surface area contributed by atoms with E-state index in [0.29, 0.717) is 30.3 Å². The van der Waals surface area contributed by atoms with Crippen molar-refractivity contribution in [1.82, 2.24) is 4.90 Å². The molecule has 1 amide bonds. The molecule has 0 unspecified atom stereocenters. The average molecular weight is 327 g/mol. The summed E-state index contributed by atoms with van der Waals surface area (Å²) in [4.78, 5) is 14.5. The van der Waals surface area contributed by atoms with Gasteiger partial charge in [0.2, 0.25) is 0 Å². The SMILES string of the molecule is Nc1ccc(Br)cc1C(=O)N(CCCO)C1CCC1. The summed E-state index contributed by atoms with van der Waals surface area (Å²) in [5, 5.41) is 8.97. The third-order valence-corrected chi connectivity index (χ3v) is 4.07. The maximum Gasteiger partial charge on any atom is 0.256 e. The zero-order valence-corrected chi connectivity index (χ0v) is 12.4. The van der Waals surface area contributed by atoms with Gasteiger partial charge in [-0.3, -0.25) is 4.79 Å². The van der Waals surface area contributed by atoms with Gasteiger partial charge in [0.15, 0.2) is 0 Å². The molecule has 1 aromatic carbocycles. The minimum absolute atomic E-state index is 0.0306. The Balaban J connectivity index is 2.19. The number of hydrogen-bond donors (Lipinski definition) is 2. The van der Waals surface area contributed by atoms with Crippen molar-refractivity contribution >= 4 is 27.5 Å². The van der Waals surface area contributed by atoms with Crippen molar-refractivity contribution in [3.05, 3.63) is 28.2 Å². The third kappa shape index (κ3) is 3.28. The standard InChI is InChI=1S/C14H19BrN2O2/c15-10-5-6-13(16)12(9-10)14(19)17(7-2-8-18)11-3-1-4-11/h5-6,9,11,18H,1-4,7-8,16H2. The summed E-state index contributed by atoms with van der Waals surface area (Å²) in [6, 6.07) is 5.63. The van der Waals surface area contributed by atoms with Gasteiger partial charge in [0.05, 0.1) is 5.56 Å². The summed E-state index contributed by atoms with van der Waals surface area (Å²) in [6.07, 6.45) is 3.87. The predicted octanol–water partition coefficient (Wildman–Crippen LogP) is 2.41. The van der Waals surface area contributed by atoms with E-state index in [9.17, 15) is 4.79 Å². The maximum absolute atomic E-state index is 12.6. The Morgan fingerprint density at radius 2 is 2.21 bits per heavy atom. The van der Waals surface area contributed by atoms with E-state index in [1.54, 1.807) is 12.1 Å². The van der Waals surface area contributed by atoms with Gasteiger partial charge in [-0.15, -0.1) is 0 Å². The molecule has 4 nitrogen and oxygen atoms in total. The fourth-order valence-corrected chi connectivity index (χ4v) is 2.62. The normalized spacial score (nSPS) is 15.1. The van der Waals surface area contributed by atoms with Crippen LogP contribution in [-0.4, -0.2) is 35.1 Å². The third-order valence-electron chi connectivity index (χ3n) is 3.58. The van der Waals surface area contributed by atoms with Crippen LogP contribution < -0.4 is 5.73 Å². The molecule has 2 rings (SSSR count). The van der Waals surface area contributed by atoms with Crippen LogP contribution in [0.2, 0.25) is 0 Å². The number of anilines is 1. The molecule has 0 atom stereocenters. The number of benzene rings is 1. The number of aliphatic hydroxyl groups excluding tert-OH is 1. The van der Waals surface area contributed by atoms with Crippen molar-refractivity contribution in [3.63, 3.8) is 0 Å². The van der Waals surface area contributed by atoms with Gasteiger partial charge < -0.3 is 15.7 Å². The highest BCUT2D eigenvalue weighted by molar-refractivity contribution is 9.10. The van der Waals surface area contributed by atoms with Gasteiger partial charge in [-0.05, 0) is 43.9 Å². The Morgan fingerprint density at radius 3 is 2.79 bits per heavy atom. The molecule has 0 heterocycles. The molecule has 0 saturated heterocycles. The number of nitrogen functional groups attached to an aromatic ring is 1. The second-order valence-corrected chi connectivity index (χ2v) is 5.81. The molecule has 1 aromatic rings. The first-order valence-electron chi connectivity index (χ1n) is 6.60. The largest absolute Gasteiger partial charge is 0.398 e. The van der Waals surface area contributed by atoms with Gasteiger partial charge >= 0.3 is 0 Å². The zero-order valence-electron chi connectivity index (χ0n) is 10.8. The van der Waals surface area contributed by atoms with Gasteiger partial charge in [0.1, 0.15) is 0 Å². The summed E-state index contributed by atoms with van der Waals surface area (Å²) in [6.45, 7) is 0.691. The summed E-state index contributed by atoms with van der Waals surface area (Å²) in [7, 11) is 0. The lowest BCUT2D eigenvalue weighted by Crippen LogP contribution is -2.45. The zero-order chi connectivity index (χ0) is 13.8. The summed E-state index contributed by atoms with van der Waals surface area (Å²) in [5.41, 5.74) is 6.94. The highest BCUT2D eigenvalue weighted by Gasteiger charge is 2.29. The number of amides is 1. The molecule has 0 radical (unpaired) electrons. The molecule has 0 aromatic heterocycles. The van der Waals surface area contributed by atoms with E-state index in [2.05, 4.69) is 15.9 Å². The second kappa shape index (κ2) is 6.39. The van der Waals surface area contributed by atoms with E-state index in [1.807, 2.05) is 11.0 Å². The van der Waals surface area contributed by atoms with Crippen molar-refractivity contribution in [2.45, 2.75) is 31.7 Å². The summed E-state index contributed by atoms with van der Waals surface area (Å²) in [5.74, 6) is -0.0306. The Kier molecular flexibility index (Phi) is 4.82. The van der Waals surface area contributed by atoms with Crippen molar-refractivity contribution in [2.75, 3.05) is 18.9 Å². The van der Waals surface area contributed by atoms with Crippen LogP contribution >= 0.6 is 15.9 Å². The lowest BCUT2D eigenvalue weighted by atomic mass is 9.90. The predicted molar refractivity (Wildman–Crippen MR) is 78.9 cm³/mol. The van der Waals surface area contributed by atoms with Gasteiger partial charge in [-0.1, -0.05) is 15.9 Å². The van der Waals surface area contributed by atoms with Crippen molar-refractivity contribution in [1.29, 1.82) is 0 Å². The summed E-state index contributed by atoms with van der Waals surface area (Å²) >= 11 is 3.37. The van der Waals surface area contributed by atoms with Crippen LogP contribution in [0.3, 0.4) is 0 Å². The molecule has 1 saturated carbocycles. The van der Waals surface area contributed by atoms with Gasteiger partial charge in [-0.25, -0.2) is 0 Å². The lowest BCUT2D eigenvalue weighted by molar-refractivity contribution is 0.0563. The van der Waals surface area contributed by atoms with Crippen LogP contribution in [0, 0.1) is 0 Å². The van der Waals surface area contributed by atoms with Crippen LogP contribution in [-0.2, 0) is 0 Å². The Morgan fingerprint density at radius 1 is 1.47 bits per heavy atom. The van der Waals surface area contributed by atoms with Crippen LogP contribution in [0.4, 0.5) is 5.69 Å². The molecule has 0 aliphatic heterocycles. The van der Waals surface area contributed by atoms with Crippen LogP contribution in [0.1, 0.15) is 36.0 Å². The number of nitrogens with zero attached hydrogens (tertiary/aromatic N) is 1. The van der Waals surface area contributed by atoms with E-state index in [0.717, 1.165) is 17.3 Å². The molecule has 0 spiro atoms. The topological polar surface area (TPSA) is 66.6 Å². The molecule has 0 bridgehead atoms. The number of carbonyl (C=O) groups is 1. The number of carbonyl (C=O) groups excluding carboxylic acids is 1. The smallest absolute Gasteiger partial charge is 0.256 e. The Bertz CT molecular complexity index is 461. The van der Waals surface area contributed by atoms with Gasteiger partial charge in [0.25, 0.3) is 5.91 Å². The first-order chi connectivity index (χ1) is 9.13.